The average molecular weight is 354 g/mol. The van der Waals surface area contributed by atoms with Crippen LogP contribution in [0, 0.1) is 5.92 Å². The molecular formula is C16H20BrNO3. The van der Waals surface area contributed by atoms with Gasteiger partial charge in [0.2, 0.25) is 0 Å². The maximum atomic E-state index is 12.3. The van der Waals surface area contributed by atoms with Crippen LogP contribution in [-0.2, 0) is 16.1 Å². The van der Waals surface area contributed by atoms with Crippen LogP contribution in [0.25, 0.3) is 0 Å². The van der Waals surface area contributed by atoms with Crippen molar-refractivity contribution in [3.63, 3.8) is 0 Å². The Morgan fingerprint density at radius 3 is 2.71 bits per heavy atom. The number of hydrogen-bond acceptors (Lipinski definition) is 3. The summed E-state index contributed by atoms with van der Waals surface area (Å²) in [4.78, 5) is 25.9. The highest BCUT2D eigenvalue weighted by atomic mass is 79.9. The highest BCUT2D eigenvalue weighted by Crippen LogP contribution is 2.25. The van der Waals surface area contributed by atoms with Crippen LogP contribution < -0.4 is 0 Å². The van der Waals surface area contributed by atoms with Crippen molar-refractivity contribution in [3.8, 4) is 0 Å². The van der Waals surface area contributed by atoms with Crippen LogP contribution in [-0.4, -0.2) is 34.7 Å². The highest BCUT2D eigenvalue weighted by Gasteiger charge is 2.37. The number of Topliss-reactive ketones (excluding diaryl/α,β-unsaturated/α-hetero) is 1. The fourth-order valence-electron chi connectivity index (χ4n) is 2.77. The number of piperidine rings is 1. The van der Waals surface area contributed by atoms with Gasteiger partial charge in [-0.25, -0.2) is 4.79 Å². The molecule has 21 heavy (non-hydrogen) atoms. The normalized spacial score (nSPS) is 21.9. The number of hydrogen-bond donors (Lipinski definition) is 0. The number of ketones is 1. The Kier molecular flexibility index (Phi) is 5.79. The minimum absolute atomic E-state index is 0.0406. The van der Waals surface area contributed by atoms with Crippen molar-refractivity contribution in [1.29, 1.82) is 0 Å². The first-order chi connectivity index (χ1) is 10.1. The largest absolute Gasteiger partial charge is 0.445 e. The summed E-state index contributed by atoms with van der Waals surface area (Å²) in [5.74, 6) is 0.215. The van der Waals surface area contributed by atoms with Crippen molar-refractivity contribution >= 4 is 27.8 Å². The van der Waals surface area contributed by atoms with E-state index in [1.54, 1.807) is 4.90 Å². The van der Waals surface area contributed by atoms with E-state index in [2.05, 4.69) is 15.9 Å². The van der Waals surface area contributed by atoms with Gasteiger partial charge in [0.15, 0.2) is 5.78 Å². The van der Waals surface area contributed by atoms with Gasteiger partial charge < -0.3 is 4.74 Å². The Morgan fingerprint density at radius 2 is 2.05 bits per heavy atom. The lowest BCUT2D eigenvalue weighted by atomic mass is 9.89. The molecule has 0 radical (unpaired) electrons. The molecule has 1 aromatic carbocycles. The first-order valence-electron chi connectivity index (χ1n) is 7.19. The van der Waals surface area contributed by atoms with Crippen molar-refractivity contribution in [2.75, 3.05) is 11.9 Å². The Hall–Kier alpha value is -1.36. The second-order valence-corrected chi connectivity index (χ2v) is 5.96. The summed E-state index contributed by atoms with van der Waals surface area (Å²) >= 11 is 3.20. The first-order valence-corrected chi connectivity index (χ1v) is 8.31. The van der Waals surface area contributed by atoms with Gasteiger partial charge >= 0.3 is 6.09 Å². The van der Waals surface area contributed by atoms with Crippen LogP contribution in [0.15, 0.2) is 30.3 Å². The lowest BCUT2D eigenvalue weighted by Crippen LogP contribution is -2.52. The van der Waals surface area contributed by atoms with E-state index in [9.17, 15) is 9.59 Å². The zero-order valence-corrected chi connectivity index (χ0v) is 13.7. The molecule has 1 fully saturated rings. The molecule has 1 amide bonds. The molecule has 1 aromatic rings. The minimum Gasteiger partial charge on any atom is -0.445 e. The molecule has 0 N–H and O–H groups in total. The Morgan fingerprint density at radius 1 is 1.33 bits per heavy atom. The molecule has 0 saturated carbocycles. The third-order valence-corrected chi connectivity index (χ3v) is 4.39. The van der Waals surface area contributed by atoms with E-state index in [1.165, 1.54) is 0 Å². The number of rotatable bonds is 4. The van der Waals surface area contributed by atoms with Crippen molar-refractivity contribution in [2.24, 2.45) is 5.92 Å². The lowest BCUT2D eigenvalue weighted by Gasteiger charge is -2.37. The van der Waals surface area contributed by atoms with E-state index in [-0.39, 0.29) is 29.7 Å². The number of nitrogens with zero attached hydrogens (tertiary/aromatic N) is 1. The van der Waals surface area contributed by atoms with E-state index >= 15 is 0 Å². The quantitative estimate of drug-likeness (QED) is 0.779. The molecule has 5 heteroatoms. The van der Waals surface area contributed by atoms with Gasteiger partial charge in [-0.15, -0.1) is 0 Å². The fourth-order valence-corrected chi connectivity index (χ4v) is 3.10. The number of alkyl halides is 1. The van der Waals surface area contributed by atoms with Crippen molar-refractivity contribution in [1.82, 2.24) is 4.90 Å². The minimum atomic E-state index is -0.398. The van der Waals surface area contributed by atoms with Gasteiger partial charge in [-0.1, -0.05) is 53.2 Å². The van der Waals surface area contributed by atoms with E-state index < -0.39 is 6.09 Å². The fraction of sp³-hybridized carbons (Fsp3) is 0.500. The molecule has 1 aliphatic rings. The van der Waals surface area contributed by atoms with Crippen LogP contribution in [0.5, 0.6) is 0 Å². The zero-order chi connectivity index (χ0) is 15.2. The summed E-state index contributed by atoms with van der Waals surface area (Å²) in [5.41, 5.74) is 0.944. The molecule has 2 unspecified atom stereocenters. The van der Waals surface area contributed by atoms with Crippen LogP contribution in [0.1, 0.15) is 25.3 Å². The number of carbonyl (C=O) groups excluding carboxylic acids is 2. The van der Waals surface area contributed by atoms with Crippen LogP contribution in [0.3, 0.4) is 0 Å². The van der Waals surface area contributed by atoms with E-state index in [4.69, 9.17) is 4.74 Å². The topological polar surface area (TPSA) is 46.6 Å². The van der Waals surface area contributed by atoms with E-state index in [1.807, 2.05) is 37.3 Å². The molecule has 1 aliphatic heterocycles. The van der Waals surface area contributed by atoms with Gasteiger partial charge in [0.05, 0.1) is 11.4 Å². The van der Waals surface area contributed by atoms with Crippen molar-refractivity contribution < 1.29 is 14.3 Å². The second kappa shape index (κ2) is 7.59. The van der Waals surface area contributed by atoms with Gasteiger partial charge in [-0.05, 0) is 24.3 Å². The van der Waals surface area contributed by atoms with E-state index in [0.717, 1.165) is 18.4 Å². The number of halogens is 1. The summed E-state index contributed by atoms with van der Waals surface area (Å²) in [6, 6.07) is 9.18. The SMILES string of the molecule is CC1CCCN(C(=O)OCc2ccccc2)C1C(=O)CBr. The van der Waals surface area contributed by atoms with Crippen molar-refractivity contribution in [2.45, 2.75) is 32.4 Å². The van der Waals surface area contributed by atoms with E-state index in [0.29, 0.717) is 6.54 Å². The van der Waals surface area contributed by atoms with Gasteiger partial charge in [0, 0.05) is 6.54 Å². The number of likely N-dealkylation sites (tertiary alicyclic amines) is 1. The standard InChI is InChI=1S/C16H20BrNO3/c1-12-6-5-9-18(15(12)14(19)10-17)16(20)21-11-13-7-3-2-4-8-13/h2-4,7-8,12,15H,5-6,9-11H2,1H3. The number of benzene rings is 1. The van der Waals surface area contributed by atoms with Gasteiger partial charge in [-0.3, -0.25) is 9.69 Å². The molecule has 0 bridgehead atoms. The Balaban J connectivity index is 2.00. The molecule has 1 heterocycles. The summed E-state index contributed by atoms with van der Waals surface area (Å²) in [6.07, 6.45) is 1.48. The molecule has 0 spiro atoms. The van der Waals surface area contributed by atoms with Crippen LogP contribution >= 0.6 is 15.9 Å². The number of carbonyl (C=O) groups is 2. The van der Waals surface area contributed by atoms with Gasteiger partial charge in [0.25, 0.3) is 0 Å². The summed E-state index contributed by atoms with van der Waals surface area (Å²) in [7, 11) is 0. The predicted molar refractivity (Wildman–Crippen MR) is 84.3 cm³/mol. The molecule has 0 aromatic heterocycles. The third-order valence-electron chi connectivity index (χ3n) is 3.83. The van der Waals surface area contributed by atoms with Gasteiger partial charge in [-0.2, -0.15) is 0 Å². The second-order valence-electron chi connectivity index (χ2n) is 5.40. The average Bonchev–Trinajstić information content (AvgIpc) is 2.52. The summed E-state index contributed by atoms with van der Waals surface area (Å²) in [6.45, 7) is 2.84. The monoisotopic (exact) mass is 353 g/mol. The molecule has 2 rings (SSSR count). The Bertz CT molecular complexity index is 492. The molecule has 2 atom stereocenters. The maximum absolute atomic E-state index is 12.3. The molecule has 4 nitrogen and oxygen atoms in total. The van der Waals surface area contributed by atoms with Crippen LogP contribution in [0.2, 0.25) is 0 Å². The third kappa shape index (κ3) is 4.06. The molecule has 114 valence electrons. The lowest BCUT2D eigenvalue weighted by molar-refractivity contribution is -0.124. The maximum Gasteiger partial charge on any atom is 0.410 e. The highest BCUT2D eigenvalue weighted by molar-refractivity contribution is 9.09. The first kappa shape index (κ1) is 16.0. The van der Waals surface area contributed by atoms with Crippen molar-refractivity contribution in [3.05, 3.63) is 35.9 Å². The van der Waals surface area contributed by atoms with Gasteiger partial charge in [0.1, 0.15) is 6.61 Å². The molecular weight excluding hydrogens is 334 g/mol. The summed E-state index contributed by atoms with van der Waals surface area (Å²) < 4.78 is 5.36. The number of amides is 1. The van der Waals surface area contributed by atoms with Crippen LogP contribution in [0.4, 0.5) is 4.79 Å². The Labute approximate surface area is 133 Å². The zero-order valence-electron chi connectivity index (χ0n) is 12.1. The molecule has 0 aliphatic carbocycles. The predicted octanol–water partition coefficient (Wildman–Crippen LogP) is 3.39. The number of ether oxygens (including phenoxy) is 1. The smallest absolute Gasteiger partial charge is 0.410 e. The summed E-state index contributed by atoms with van der Waals surface area (Å²) in [5, 5.41) is 0.268. The molecule has 1 saturated heterocycles.